The summed E-state index contributed by atoms with van der Waals surface area (Å²) in [5, 5.41) is 17.4. The van der Waals surface area contributed by atoms with Crippen LogP contribution in [0.5, 0.6) is 0 Å². The third-order valence-electron chi connectivity index (χ3n) is 4.50. The summed E-state index contributed by atoms with van der Waals surface area (Å²) in [5.41, 5.74) is 1.60. The van der Waals surface area contributed by atoms with Gasteiger partial charge in [0, 0.05) is 12.1 Å². The van der Waals surface area contributed by atoms with Gasteiger partial charge in [0.05, 0.1) is 11.3 Å². The summed E-state index contributed by atoms with van der Waals surface area (Å²) in [4.78, 5) is 16.3. The summed E-state index contributed by atoms with van der Waals surface area (Å²) in [6.07, 6.45) is 7.83. The Morgan fingerprint density at radius 3 is 2.78 bits per heavy atom. The van der Waals surface area contributed by atoms with Crippen molar-refractivity contribution in [1.82, 2.24) is 20.1 Å². The Bertz CT molecular complexity index is 676. The van der Waals surface area contributed by atoms with Crippen molar-refractivity contribution >= 4 is 5.91 Å². The van der Waals surface area contributed by atoms with Crippen LogP contribution in [0.3, 0.4) is 0 Å². The standard InChI is InChI=1S/C17H22N4O2/c1-13-9-14(21-12-18-11-20-21)5-6-15(13)16(22)19-10-17(23)7-3-2-4-8-17/h5-6,9,11-12,23H,2-4,7-8,10H2,1H3,(H,19,22). The van der Waals surface area contributed by atoms with Crippen LogP contribution in [0.2, 0.25) is 0 Å². The molecule has 1 aliphatic rings. The summed E-state index contributed by atoms with van der Waals surface area (Å²) in [5.74, 6) is -0.147. The molecule has 23 heavy (non-hydrogen) atoms. The van der Waals surface area contributed by atoms with Crippen LogP contribution in [-0.2, 0) is 0 Å². The van der Waals surface area contributed by atoms with Crippen molar-refractivity contribution in [3.63, 3.8) is 0 Å². The van der Waals surface area contributed by atoms with Crippen LogP contribution in [0.1, 0.15) is 48.0 Å². The molecular weight excluding hydrogens is 292 g/mol. The SMILES string of the molecule is Cc1cc(-n2cncn2)ccc1C(=O)NCC1(O)CCCCC1. The lowest BCUT2D eigenvalue weighted by atomic mass is 9.85. The smallest absolute Gasteiger partial charge is 0.251 e. The number of amides is 1. The molecule has 0 saturated heterocycles. The first-order valence-corrected chi connectivity index (χ1v) is 8.04. The van der Waals surface area contributed by atoms with Gasteiger partial charge in [-0.15, -0.1) is 0 Å². The van der Waals surface area contributed by atoms with Gasteiger partial charge in [-0.25, -0.2) is 9.67 Å². The van der Waals surface area contributed by atoms with E-state index in [1.54, 1.807) is 17.1 Å². The number of aliphatic hydroxyl groups is 1. The zero-order chi connectivity index (χ0) is 16.3. The number of hydrogen-bond donors (Lipinski definition) is 2. The number of nitrogens with one attached hydrogen (secondary N) is 1. The van der Waals surface area contributed by atoms with Crippen LogP contribution in [-0.4, -0.2) is 37.9 Å². The molecular formula is C17H22N4O2. The van der Waals surface area contributed by atoms with Gasteiger partial charge in [-0.05, 0) is 43.5 Å². The van der Waals surface area contributed by atoms with Crippen molar-refractivity contribution in [1.29, 1.82) is 0 Å². The van der Waals surface area contributed by atoms with Crippen molar-refractivity contribution in [2.75, 3.05) is 6.54 Å². The van der Waals surface area contributed by atoms with Gasteiger partial charge in [0.25, 0.3) is 5.91 Å². The molecule has 0 aliphatic heterocycles. The number of carbonyl (C=O) groups is 1. The fourth-order valence-electron chi connectivity index (χ4n) is 3.11. The van der Waals surface area contributed by atoms with Crippen LogP contribution >= 0.6 is 0 Å². The Morgan fingerprint density at radius 2 is 2.13 bits per heavy atom. The molecule has 0 radical (unpaired) electrons. The quantitative estimate of drug-likeness (QED) is 0.904. The van der Waals surface area contributed by atoms with E-state index in [2.05, 4.69) is 15.4 Å². The number of aryl methyl sites for hydroxylation is 1. The van der Waals surface area contributed by atoms with E-state index in [4.69, 9.17) is 0 Å². The minimum atomic E-state index is -0.748. The molecule has 1 aliphatic carbocycles. The summed E-state index contributed by atoms with van der Waals surface area (Å²) < 4.78 is 1.65. The van der Waals surface area contributed by atoms with Gasteiger partial charge in [0.2, 0.25) is 0 Å². The minimum absolute atomic E-state index is 0.147. The highest BCUT2D eigenvalue weighted by molar-refractivity contribution is 5.95. The highest BCUT2D eigenvalue weighted by Crippen LogP contribution is 2.27. The van der Waals surface area contributed by atoms with Gasteiger partial charge >= 0.3 is 0 Å². The number of hydrogen-bond acceptors (Lipinski definition) is 4. The molecule has 122 valence electrons. The Morgan fingerprint density at radius 1 is 1.35 bits per heavy atom. The van der Waals surface area contributed by atoms with Crippen molar-refractivity contribution in [2.45, 2.75) is 44.6 Å². The second kappa shape index (κ2) is 6.50. The first kappa shape index (κ1) is 15.7. The second-order valence-electron chi connectivity index (χ2n) is 6.31. The van der Waals surface area contributed by atoms with Gasteiger partial charge in [-0.3, -0.25) is 4.79 Å². The van der Waals surface area contributed by atoms with Crippen LogP contribution in [0.15, 0.2) is 30.9 Å². The summed E-state index contributed by atoms with van der Waals surface area (Å²) >= 11 is 0. The number of aromatic nitrogens is 3. The molecule has 0 unspecified atom stereocenters. The third kappa shape index (κ3) is 3.59. The van der Waals surface area contributed by atoms with Crippen molar-refractivity contribution in [3.8, 4) is 5.69 Å². The van der Waals surface area contributed by atoms with E-state index < -0.39 is 5.60 Å². The van der Waals surface area contributed by atoms with Crippen LogP contribution in [0, 0.1) is 6.92 Å². The molecule has 0 atom stereocenters. The topological polar surface area (TPSA) is 80.0 Å². The number of carbonyl (C=O) groups excluding carboxylic acids is 1. The Hall–Kier alpha value is -2.21. The molecule has 3 rings (SSSR count). The first-order chi connectivity index (χ1) is 11.1. The Balaban J connectivity index is 1.67. The highest BCUT2D eigenvalue weighted by Gasteiger charge is 2.29. The molecule has 6 nitrogen and oxygen atoms in total. The second-order valence-corrected chi connectivity index (χ2v) is 6.31. The lowest BCUT2D eigenvalue weighted by molar-refractivity contribution is 0.00525. The third-order valence-corrected chi connectivity index (χ3v) is 4.50. The van der Waals surface area contributed by atoms with Crippen LogP contribution in [0.25, 0.3) is 5.69 Å². The van der Waals surface area contributed by atoms with Crippen molar-refractivity contribution in [2.24, 2.45) is 0 Å². The minimum Gasteiger partial charge on any atom is -0.388 e. The zero-order valence-electron chi connectivity index (χ0n) is 13.3. The monoisotopic (exact) mass is 314 g/mol. The molecule has 1 fully saturated rings. The largest absolute Gasteiger partial charge is 0.388 e. The molecule has 1 aromatic carbocycles. The zero-order valence-corrected chi connectivity index (χ0v) is 13.3. The maximum Gasteiger partial charge on any atom is 0.251 e. The Kier molecular flexibility index (Phi) is 4.43. The fraction of sp³-hybridized carbons (Fsp3) is 0.471. The fourth-order valence-corrected chi connectivity index (χ4v) is 3.11. The van der Waals surface area contributed by atoms with Gasteiger partial charge in [-0.2, -0.15) is 5.10 Å². The average molecular weight is 314 g/mol. The molecule has 1 heterocycles. The van der Waals surface area contributed by atoms with Crippen molar-refractivity contribution in [3.05, 3.63) is 42.0 Å². The van der Waals surface area contributed by atoms with E-state index in [0.717, 1.165) is 36.9 Å². The molecule has 1 saturated carbocycles. The molecule has 0 bridgehead atoms. The molecule has 2 aromatic rings. The molecule has 1 aromatic heterocycles. The van der Waals surface area contributed by atoms with E-state index in [0.29, 0.717) is 12.1 Å². The lowest BCUT2D eigenvalue weighted by Gasteiger charge is -2.32. The number of rotatable bonds is 4. The number of benzene rings is 1. The van der Waals surface area contributed by atoms with Gasteiger partial charge in [-0.1, -0.05) is 19.3 Å². The van der Waals surface area contributed by atoms with Gasteiger partial charge < -0.3 is 10.4 Å². The molecule has 1 amide bonds. The first-order valence-electron chi connectivity index (χ1n) is 8.04. The van der Waals surface area contributed by atoms with E-state index in [-0.39, 0.29) is 5.91 Å². The van der Waals surface area contributed by atoms with Crippen LogP contribution in [0.4, 0.5) is 0 Å². The summed E-state index contributed by atoms with van der Waals surface area (Å²) in [7, 11) is 0. The molecule has 2 N–H and O–H groups in total. The predicted octanol–water partition coefficient (Wildman–Crippen LogP) is 2.00. The maximum atomic E-state index is 12.4. The Labute approximate surface area is 135 Å². The lowest BCUT2D eigenvalue weighted by Crippen LogP contribution is -2.44. The van der Waals surface area contributed by atoms with E-state index in [1.807, 2.05) is 19.1 Å². The summed E-state index contributed by atoms with van der Waals surface area (Å²) in [6, 6.07) is 5.53. The van der Waals surface area contributed by atoms with Gasteiger partial charge in [0.1, 0.15) is 12.7 Å². The average Bonchev–Trinajstić information content (AvgIpc) is 3.08. The molecule has 6 heteroatoms. The summed E-state index contributed by atoms with van der Waals surface area (Å²) in [6.45, 7) is 2.21. The molecule has 0 spiro atoms. The van der Waals surface area contributed by atoms with E-state index in [9.17, 15) is 9.90 Å². The number of nitrogens with zero attached hydrogens (tertiary/aromatic N) is 3. The predicted molar refractivity (Wildman–Crippen MR) is 86.5 cm³/mol. The van der Waals surface area contributed by atoms with Crippen LogP contribution < -0.4 is 5.32 Å². The van der Waals surface area contributed by atoms with E-state index in [1.165, 1.54) is 12.7 Å². The van der Waals surface area contributed by atoms with Gasteiger partial charge in [0.15, 0.2) is 0 Å². The van der Waals surface area contributed by atoms with E-state index >= 15 is 0 Å². The normalized spacial score (nSPS) is 17.0. The van der Waals surface area contributed by atoms with Crippen molar-refractivity contribution < 1.29 is 9.90 Å². The highest BCUT2D eigenvalue weighted by atomic mass is 16.3. The maximum absolute atomic E-state index is 12.4.